The van der Waals surface area contributed by atoms with Gasteiger partial charge in [-0.3, -0.25) is 4.79 Å². The monoisotopic (exact) mass is 410 g/mol. The van der Waals surface area contributed by atoms with Crippen LogP contribution in [0.3, 0.4) is 0 Å². The van der Waals surface area contributed by atoms with Crippen molar-refractivity contribution in [3.8, 4) is 0 Å². The lowest BCUT2D eigenvalue weighted by atomic mass is 10.0. The Hall–Kier alpha value is -1.82. The maximum absolute atomic E-state index is 12.2. The van der Waals surface area contributed by atoms with Gasteiger partial charge in [0.25, 0.3) is 0 Å². The van der Waals surface area contributed by atoms with Gasteiger partial charge in [-0.2, -0.15) is 0 Å². The SMILES string of the molecule is Cl.Cl.NC(CC(=O)NCc1ccnc(N2CCCCC2)c1)c1ccccc1. The molecule has 5 nitrogen and oxygen atoms in total. The molecule has 1 atom stereocenters. The molecule has 1 amide bonds. The minimum absolute atomic E-state index is 0. The third-order valence-electron chi connectivity index (χ3n) is 4.61. The highest BCUT2D eigenvalue weighted by Gasteiger charge is 2.13. The second-order valence-electron chi connectivity index (χ2n) is 6.57. The maximum atomic E-state index is 12.2. The van der Waals surface area contributed by atoms with Gasteiger partial charge in [-0.25, -0.2) is 4.98 Å². The van der Waals surface area contributed by atoms with Gasteiger partial charge >= 0.3 is 0 Å². The van der Waals surface area contributed by atoms with Gasteiger partial charge in [-0.15, -0.1) is 24.8 Å². The zero-order valence-electron chi connectivity index (χ0n) is 15.3. The van der Waals surface area contributed by atoms with Crippen LogP contribution >= 0.6 is 24.8 Å². The molecule has 0 radical (unpaired) electrons. The molecule has 148 valence electrons. The minimum atomic E-state index is -0.275. The van der Waals surface area contributed by atoms with Gasteiger partial charge < -0.3 is 16.0 Å². The number of carbonyl (C=O) groups excluding carboxylic acids is 1. The van der Waals surface area contributed by atoms with Crippen molar-refractivity contribution in [3.63, 3.8) is 0 Å². The van der Waals surface area contributed by atoms with Crippen LogP contribution in [0.1, 0.15) is 42.9 Å². The fourth-order valence-corrected chi connectivity index (χ4v) is 3.16. The molecule has 1 aliphatic rings. The van der Waals surface area contributed by atoms with E-state index in [4.69, 9.17) is 5.73 Å². The third-order valence-corrected chi connectivity index (χ3v) is 4.61. The second-order valence-corrected chi connectivity index (χ2v) is 6.57. The van der Waals surface area contributed by atoms with Gasteiger partial charge in [0.05, 0.1) is 0 Å². The molecule has 2 heterocycles. The lowest BCUT2D eigenvalue weighted by molar-refractivity contribution is -0.121. The van der Waals surface area contributed by atoms with Crippen molar-refractivity contribution in [1.29, 1.82) is 0 Å². The van der Waals surface area contributed by atoms with Gasteiger partial charge in [0.2, 0.25) is 5.91 Å². The molecule has 0 spiro atoms. The Morgan fingerprint density at radius 3 is 2.52 bits per heavy atom. The molecule has 1 aliphatic heterocycles. The summed E-state index contributed by atoms with van der Waals surface area (Å²) in [5.74, 6) is 0.972. The summed E-state index contributed by atoms with van der Waals surface area (Å²) in [6.45, 7) is 2.63. The number of hydrogen-bond donors (Lipinski definition) is 2. The Labute approximate surface area is 173 Å². The molecule has 1 unspecified atom stereocenters. The van der Waals surface area contributed by atoms with Crippen LogP contribution in [0.25, 0.3) is 0 Å². The van der Waals surface area contributed by atoms with E-state index in [2.05, 4.69) is 21.3 Å². The maximum Gasteiger partial charge on any atom is 0.222 e. The van der Waals surface area contributed by atoms with Crippen LogP contribution in [0.5, 0.6) is 0 Å². The average molecular weight is 411 g/mol. The average Bonchev–Trinajstić information content (AvgIpc) is 2.68. The number of carbonyl (C=O) groups is 1. The van der Waals surface area contributed by atoms with E-state index in [9.17, 15) is 4.79 Å². The van der Waals surface area contributed by atoms with Crippen molar-refractivity contribution in [2.45, 2.75) is 38.3 Å². The molecule has 1 aromatic carbocycles. The van der Waals surface area contributed by atoms with Crippen LogP contribution in [0.4, 0.5) is 5.82 Å². The van der Waals surface area contributed by atoms with Crippen molar-refractivity contribution < 1.29 is 4.79 Å². The lowest BCUT2D eigenvalue weighted by Crippen LogP contribution is -2.30. The highest BCUT2D eigenvalue weighted by molar-refractivity contribution is 5.85. The van der Waals surface area contributed by atoms with E-state index in [0.717, 1.165) is 30.0 Å². The highest BCUT2D eigenvalue weighted by atomic mass is 35.5. The Morgan fingerprint density at radius 2 is 1.81 bits per heavy atom. The van der Waals surface area contributed by atoms with Crippen molar-refractivity contribution in [1.82, 2.24) is 10.3 Å². The smallest absolute Gasteiger partial charge is 0.222 e. The number of amides is 1. The Bertz CT molecular complexity index is 693. The summed E-state index contributed by atoms with van der Waals surface area (Å²) in [6, 6.07) is 13.5. The van der Waals surface area contributed by atoms with E-state index >= 15 is 0 Å². The normalized spacial score (nSPS) is 14.5. The fraction of sp³-hybridized carbons (Fsp3) is 0.400. The molecule has 0 aliphatic carbocycles. The molecule has 3 N–H and O–H groups in total. The predicted octanol–water partition coefficient (Wildman–Crippen LogP) is 3.62. The standard InChI is InChI=1S/C20H26N4O.2ClH/c21-18(17-7-3-1-4-8-17)14-20(25)23-15-16-9-10-22-19(13-16)24-11-5-2-6-12-24;;/h1,3-4,7-10,13,18H,2,5-6,11-12,14-15,21H2,(H,23,25);2*1H. The van der Waals surface area contributed by atoms with Crippen LogP contribution < -0.4 is 16.0 Å². The molecule has 1 aromatic heterocycles. The van der Waals surface area contributed by atoms with Gasteiger partial charge in [0, 0.05) is 38.3 Å². The van der Waals surface area contributed by atoms with Crippen LogP contribution in [-0.2, 0) is 11.3 Å². The molecule has 7 heteroatoms. The number of halogens is 2. The number of rotatable bonds is 6. The Morgan fingerprint density at radius 1 is 1.11 bits per heavy atom. The summed E-state index contributed by atoms with van der Waals surface area (Å²) in [6.07, 6.45) is 5.85. The first-order chi connectivity index (χ1) is 12.2. The summed E-state index contributed by atoms with van der Waals surface area (Å²) in [5.41, 5.74) is 8.16. The van der Waals surface area contributed by atoms with Gasteiger partial charge in [-0.05, 0) is 42.5 Å². The quantitative estimate of drug-likeness (QED) is 0.762. The zero-order valence-corrected chi connectivity index (χ0v) is 17.0. The van der Waals surface area contributed by atoms with Crippen LogP contribution in [0.2, 0.25) is 0 Å². The number of piperidine rings is 1. The van der Waals surface area contributed by atoms with E-state index in [1.165, 1.54) is 19.3 Å². The summed E-state index contributed by atoms with van der Waals surface area (Å²) < 4.78 is 0. The predicted molar refractivity (Wildman–Crippen MR) is 115 cm³/mol. The molecule has 3 rings (SSSR count). The van der Waals surface area contributed by atoms with Crippen LogP contribution in [-0.4, -0.2) is 24.0 Å². The van der Waals surface area contributed by atoms with Crippen LogP contribution in [0, 0.1) is 0 Å². The molecule has 1 saturated heterocycles. The Balaban J connectivity index is 0.00000182. The number of benzene rings is 1. The Kier molecular flexibility index (Phi) is 10.1. The molecule has 0 saturated carbocycles. The van der Waals surface area contributed by atoms with E-state index in [1.54, 1.807) is 0 Å². The van der Waals surface area contributed by atoms with E-state index in [0.29, 0.717) is 6.54 Å². The largest absolute Gasteiger partial charge is 0.357 e. The zero-order chi connectivity index (χ0) is 17.5. The first-order valence-electron chi connectivity index (χ1n) is 8.99. The van der Waals surface area contributed by atoms with Crippen molar-refractivity contribution in [3.05, 3.63) is 59.8 Å². The second kappa shape index (κ2) is 11.8. The number of nitrogens with zero attached hydrogens (tertiary/aromatic N) is 2. The summed E-state index contributed by atoms with van der Waals surface area (Å²) in [4.78, 5) is 19.0. The molecule has 27 heavy (non-hydrogen) atoms. The van der Waals surface area contributed by atoms with E-state index in [-0.39, 0.29) is 43.2 Å². The number of aromatic nitrogens is 1. The lowest BCUT2D eigenvalue weighted by Gasteiger charge is -2.27. The van der Waals surface area contributed by atoms with Crippen molar-refractivity contribution >= 4 is 36.5 Å². The summed E-state index contributed by atoms with van der Waals surface area (Å²) >= 11 is 0. The van der Waals surface area contributed by atoms with E-state index in [1.807, 2.05) is 42.6 Å². The van der Waals surface area contributed by atoms with Gasteiger partial charge in [-0.1, -0.05) is 30.3 Å². The topological polar surface area (TPSA) is 71.2 Å². The van der Waals surface area contributed by atoms with Crippen molar-refractivity contribution in [2.75, 3.05) is 18.0 Å². The van der Waals surface area contributed by atoms with Crippen LogP contribution in [0.15, 0.2) is 48.7 Å². The van der Waals surface area contributed by atoms with Crippen molar-refractivity contribution in [2.24, 2.45) is 5.73 Å². The van der Waals surface area contributed by atoms with Gasteiger partial charge in [0.1, 0.15) is 5.82 Å². The highest BCUT2D eigenvalue weighted by Crippen LogP contribution is 2.18. The fourth-order valence-electron chi connectivity index (χ4n) is 3.16. The van der Waals surface area contributed by atoms with Gasteiger partial charge in [0.15, 0.2) is 0 Å². The number of nitrogens with one attached hydrogen (secondary N) is 1. The third kappa shape index (κ3) is 7.01. The first-order valence-corrected chi connectivity index (χ1v) is 8.99. The summed E-state index contributed by atoms with van der Waals surface area (Å²) in [7, 11) is 0. The molecule has 2 aromatic rings. The minimum Gasteiger partial charge on any atom is -0.357 e. The summed E-state index contributed by atoms with van der Waals surface area (Å²) in [5, 5.41) is 2.96. The van der Waals surface area contributed by atoms with E-state index < -0.39 is 0 Å². The number of nitrogens with two attached hydrogens (primary N) is 1. The molecule has 0 bridgehead atoms. The molecular weight excluding hydrogens is 383 g/mol. The number of hydrogen-bond acceptors (Lipinski definition) is 4. The molecule has 1 fully saturated rings. The number of anilines is 1. The molecular formula is C20H28Cl2N4O. The number of pyridine rings is 1. The first kappa shape index (κ1) is 23.2.